The van der Waals surface area contributed by atoms with E-state index in [-0.39, 0.29) is 6.04 Å². The van der Waals surface area contributed by atoms with E-state index in [0.717, 1.165) is 11.3 Å². The normalized spacial score (nSPS) is 14.2. The average molecular weight is 223 g/mol. The van der Waals surface area contributed by atoms with Crippen LogP contribution in [0.3, 0.4) is 0 Å². The third kappa shape index (κ3) is 3.24. The summed E-state index contributed by atoms with van der Waals surface area (Å²) in [6.07, 6.45) is 0. The highest BCUT2D eigenvalue weighted by Gasteiger charge is 2.14. The van der Waals surface area contributed by atoms with Crippen molar-refractivity contribution in [3.8, 4) is 5.75 Å². The van der Waals surface area contributed by atoms with Crippen LogP contribution in [0.4, 0.5) is 0 Å². The van der Waals surface area contributed by atoms with E-state index in [1.807, 2.05) is 31.2 Å². The molecule has 0 bridgehead atoms. The first kappa shape index (κ1) is 12.5. The molecule has 0 saturated carbocycles. The van der Waals surface area contributed by atoms with Crippen molar-refractivity contribution >= 4 is 5.97 Å². The lowest BCUT2D eigenvalue weighted by Gasteiger charge is -2.17. The van der Waals surface area contributed by atoms with Crippen molar-refractivity contribution in [1.29, 1.82) is 0 Å². The molecule has 0 aromatic heterocycles. The number of rotatable bonds is 5. The molecule has 0 saturated heterocycles. The molecule has 88 valence electrons. The molecule has 0 spiro atoms. The summed E-state index contributed by atoms with van der Waals surface area (Å²) < 4.78 is 5.05. The molecule has 0 aliphatic carbocycles. The molecule has 0 heterocycles. The number of carboxylic acids is 1. The standard InChI is InChI=1S/C12H17NO3/c1-8(13-9(2)12(14)15)10-4-6-11(16-3)7-5-10/h4-9,13H,1-3H3,(H,14,15). The molecule has 1 aromatic carbocycles. The van der Waals surface area contributed by atoms with Crippen molar-refractivity contribution in [2.45, 2.75) is 25.9 Å². The number of hydrogen-bond donors (Lipinski definition) is 2. The SMILES string of the molecule is COc1ccc(C(C)NC(C)C(=O)O)cc1. The van der Waals surface area contributed by atoms with Crippen LogP contribution in [0.5, 0.6) is 5.75 Å². The lowest BCUT2D eigenvalue weighted by molar-refractivity contribution is -0.139. The quantitative estimate of drug-likeness (QED) is 0.799. The van der Waals surface area contributed by atoms with Gasteiger partial charge in [-0.3, -0.25) is 10.1 Å². The molecular formula is C12H17NO3. The molecule has 0 aliphatic rings. The molecule has 2 unspecified atom stereocenters. The number of hydrogen-bond acceptors (Lipinski definition) is 3. The van der Waals surface area contributed by atoms with Crippen molar-refractivity contribution in [3.05, 3.63) is 29.8 Å². The first-order valence-corrected chi connectivity index (χ1v) is 5.17. The molecule has 16 heavy (non-hydrogen) atoms. The molecule has 4 nitrogen and oxygen atoms in total. The Morgan fingerprint density at radius 3 is 2.31 bits per heavy atom. The fourth-order valence-electron chi connectivity index (χ4n) is 1.44. The molecule has 0 amide bonds. The van der Waals surface area contributed by atoms with Gasteiger partial charge in [-0.1, -0.05) is 12.1 Å². The van der Waals surface area contributed by atoms with Gasteiger partial charge in [-0.15, -0.1) is 0 Å². The van der Waals surface area contributed by atoms with Crippen molar-refractivity contribution in [3.63, 3.8) is 0 Å². The minimum atomic E-state index is -0.847. The van der Waals surface area contributed by atoms with E-state index < -0.39 is 12.0 Å². The van der Waals surface area contributed by atoms with Crippen LogP contribution in [0.2, 0.25) is 0 Å². The van der Waals surface area contributed by atoms with Gasteiger partial charge in [0.25, 0.3) is 0 Å². The maximum Gasteiger partial charge on any atom is 0.320 e. The van der Waals surface area contributed by atoms with Gasteiger partial charge in [0.2, 0.25) is 0 Å². The van der Waals surface area contributed by atoms with Crippen LogP contribution in [0, 0.1) is 0 Å². The second kappa shape index (κ2) is 5.51. The third-order valence-corrected chi connectivity index (χ3v) is 2.49. The minimum Gasteiger partial charge on any atom is -0.497 e. The smallest absolute Gasteiger partial charge is 0.320 e. The van der Waals surface area contributed by atoms with Crippen molar-refractivity contribution in [2.24, 2.45) is 0 Å². The summed E-state index contributed by atoms with van der Waals surface area (Å²) in [4.78, 5) is 10.7. The van der Waals surface area contributed by atoms with Crippen molar-refractivity contribution < 1.29 is 14.6 Å². The number of aliphatic carboxylic acids is 1. The maximum atomic E-state index is 10.7. The average Bonchev–Trinajstić information content (AvgIpc) is 2.28. The molecule has 1 aromatic rings. The van der Waals surface area contributed by atoms with Crippen molar-refractivity contribution in [2.75, 3.05) is 7.11 Å². The van der Waals surface area contributed by atoms with E-state index >= 15 is 0 Å². The Bertz CT molecular complexity index is 348. The first-order valence-electron chi connectivity index (χ1n) is 5.17. The Labute approximate surface area is 95.2 Å². The van der Waals surface area contributed by atoms with Gasteiger partial charge in [-0.05, 0) is 31.5 Å². The molecule has 0 fully saturated rings. The number of nitrogens with one attached hydrogen (secondary N) is 1. The molecule has 2 N–H and O–H groups in total. The second-order valence-corrected chi connectivity index (χ2v) is 3.72. The Morgan fingerprint density at radius 2 is 1.88 bits per heavy atom. The molecule has 0 aliphatic heterocycles. The molecular weight excluding hydrogens is 206 g/mol. The van der Waals surface area contributed by atoms with Gasteiger partial charge in [0.15, 0.2) is 0 Å². The van der Waals surface area contributed by atoms with Gasteiger partial charge in [0, 0.05) is 6.04 Å². The summed E-state index contributed by atoms with van der Waals surface area (Å²) >= 11 is 0. The van der Waals surface area contributed by atoms with Gasteiger partial charge < -0.3 is 9.84 Å². The van der Waals surface area contributed by atoms with Crippen LogP contribution in [0.1, 0.15) is 25.5 Å². The van der Waals surface area contributed by atoms with E-state index in [1.165, 1.54) is 0 Å². The Kier molecular flexibility index (Phi) is 4.31. The highest BCUT2D eigenvalue weighted by Crippen LogP contribution is 2.17. The van der Waals surface area contributed by atoms with Crippen LogP contribution >= 0.6 is 0 Å². The van der Waals surface area contributed by atoms with Crippen LogP contribution < -0.4 is 10.1 Å². The third-order valence-electron chi connectivity index (χ3n) is 2.49. The largest absolute Gasteiger partial charge is 0.497 e. The minimum absolute atomic E-state index is 0.00277. The van der Waals surface area contributed by atoms with Gasteiger partial charge in [0.05, 0.1) is 7.11 Å². The Balaban J connectivity index is 2.65. The molecule has 0 radical (unpaired) electrons. The summed E-state index contributed by atoms with van der Waals surface area (Å²) in [6.45, 7) is 3.56. The summed E-state index contributed by atoms with van der Waals surface area (Å²) in [5.74, 6) is -0.0532. The van der Waals surface area contributed by atoms with E-state index in [4.69, 9.17) is 9.84 Å². The van der Waals surface area contributed by atoms with Gasteiger partial charge >= 0.3 is 5.97 Å². The van der Waals surface area contributed by atoms with E-state index in [0.29, 0.717) is 0 Å². The summed E-state index contributed by atoms with van der Waals surface area (Å²) in [5, 5.41) is 11.8. The van der Waals surface area contributed by atoms with Crippen molar-refractivity contribution in [1.82, 2.24) is 5.32 Å². The molecule has 4 heteroatoms. The van der Waals surface area contributed by atoms with Gasteiger partial charge in [0.1, 0.15) is 11.8 Å². The highest BCUT2D eigenvalue weighted by atomic mass is 16.5. The van der Waals surface area contributed by atoms with Crippen LogP contribution in [0.15, 0.2) is 24.3 Å². The highest BCUT2D eigenvalue weighted by molar-refractivity contribution is 5.72. The number of methoxy groups -OCH3 is 1. The zero-order valence-electron chi connectivity index (χ0n) is 9.73. The summed E-state index contributed by atoms with van der Waals surface area (Å²) in [6, 6.07) is 7.00. The molecule has 2 atom stereocenters. The monoisotopic (exact) mass is 223 g/mol. The maximum absolute atomic E-state index is 10.7. The zero-order chi connectivity index (χ0) is 12.1. The van der Waals surface area contributed by atoms with E-state index in [1.54, 1.807) is 14.0 Å². The predicted molar refractivity (Wildman–Crippen MR) is 61.6 cm³/mol. The molecule has 1 rings (SSSR count). The van der Waals surface area contributed by atoms with Gasteiger partial charge in [-0.25, -0.2) is 0 Å². The fourth-order valence-corrected chi connectivity index (χ4v) is 1.44. The first-order chi connectivity index (χ1) is 7.54. The number of benzene rings is 1. The second-order valence-electron chi connectivity index (χ2n) is 3.72. The summed E-state index contributed by atoms with van der Waals surface area (Å²) in [5.41, 5.74) is 1.04. The lowest BCUT2D eigenvalue weighted by Crippen LogP contribution is -2.35. The number of carboxylic acid groups (broad SMARTS) is 1. The van der Waals surface area contributed by atoms with Crippen LogP contribution in [-0.4, -0.2) is 24.2 Å². The van der Waals surface area contributed by atoms with Crippen LogP contribution in [0.25, 0.3) is 0 Å². The van der Waals surface area contributed by atoms with E-state index in [9.17, 15) is 4.79 Å². The topological polar surface area (TPSA) is 58.6 Å². The predicted octanol–water partition coefficient (Wildman–Crippen LogP) is 1.82. The Morgan fingerprint density at radius 1 is 1.31 bits per heavy atom. The van der Waals surface area contributed by atoms with Gasteiger partial charge in [-0.2, -0.15) is 0 Å². The number of carbonyl (C=O) groups is 1. The Hall–Kier alpha value is -1.55. The van der Waals surface area contributed by atoms with Crippen LogP contribution in [-0.2, 0) is 4.79 Å². The zero-order valence-corrected chi connectivity index (χ0v) is 9.73. The number of ether oxygens (including phenoxy) is 1. The lowest BCUT2D eigenvalue weighted by atomic mass is 10.1. The summed E-state index contributed by atoms with van der Waals surface area (Å²) in [7, 11) is 1.61. The fraction of sp³-hybridized carbons (Fsp3) is 0.417. The van der Waals surface area contributed by atoms with E-state index in [2.05, 4.69) is 5.32 Å².